The van der Waals surface area contributed by atoms with Gasteiger partial charge in [0.05, 0.1) is 0 Å². The van der Waals surface area contributed by atoms with Gasteiger partial charge in [0, 0.05) is 29.7 Å². The molecule has 1 aromatic heterocycles. The summed E-state index contributed by atoms with van der Waals surface area (Å²) in [6.07, 6.45) is 0. The summed E-state index contributed by atoms with van der Waals surface area (Å²) in [6, 6.07) is 16.4. The zero-order chi connectivity index (χ0) is 20.1. The number of anilines is 4. The van der Waals surface area contributed by atoms with Crippen molar-refractivity contribution < 1.29 is 9.59 Å². The fourth-order valence-corrected chi connectivity index (χ4v) is 2.67. The van der Waals surface area contributed by atoms with Crippen LogP contribution in [-0.4, -0.2) is 21.8 Å². The molecule has 0 saturated heterocycles. The van der Waals surface area contributed by atoms with Crippen molar-refractivity contribution in [2.45, 2.75) is 20.8 Å². The molecule has 28 heavy (non-hydrogen) atoms. The Morgan fingerprint density at radius 2 is 1.50 bits per heavy atom. The van der Waals surface area contributed by atoms with E-state index in [4.69, 9.17) is 0 Å². The van der Waals surface area contributed by atoms with Crippen LogP contribution in [-0.2, 0) is 4.79 Å². The van der Waals surface area contributed by atoms with Crippen molar-refractivity contribution in [2.75, 3.05) is 16.0 Å². The van der Waals surface area contributed by atoms with E-state index in [0.717, 1.165) is 5.56 Å². The maximum absolute atomic E-state index is 12.6. The Labute approximate surface area is 163 Å². The number of rotatable bonds is 5. The Hall–Kier alpha value is -3.74. The fraction of sp³-hybridized carbons (Fsp3) is 0.143. The third kappa shape index (κ3) is 5.14. The second-order valence-electron chi connectivity index (χ2n) is 6.43. The van der Waals surface area contributed by atoms with Crippen molar-refractivity contribution in [3.63, 3.8) is 0 Å². The number of nitrogens with one attached hydrogen (secondary N) is 3. The van der Waals surface area contributed by atoms with Crippen LogP contribution in [0.2, 0.25) is 0 Å². The summed E-state index contributed by atoms with van der Waals surface area (Å²) in [5, 5.41) is 8.64. The highest BCUT2D eigenvalue weighted by Gasteiger charge is 2.11. The zero-order valence-electron chi connectivity index (χ0n) is 15.9. The summed E-state index contributed by atoms with van der Waals surface area (Å²) in [5.41, 5.74) is 4.03. The van der Waals surface area contributed by atoms with E-state index in [9.17, 15) is 9.59 Å². The summed E-state index contributed by atoms with van der Waals surface area (Å²) >= 11 is 0. The van der Waals surface area contributed by atoms with Gasteiger partial charge in [-0.15, -0.1) is 0 Å². The molecule has 0 aliphatic carbocycles. The molecule has 2 amide bonds. The van der Waals surface area contributed by atoms with Crippen LogP contribution in [0.1, 0.15) is 28.7 Å². The maximum atomic E-state index is 12.6. The van der Waals surface area contributed by atoms with Crippen LogP contribution in [0.15, 0.2) is 54.6 Å². The quantitative estimate of drug-likeness (QED) is 0.625. The summed E-state index contributed by atoms with van der Waals surface area (Å²) < 4.78 is 0. The minimum Gasteiger partial charge on any atom is -0.326 e. The van der Waals surface area contributed by atoms with Crippen molar-refractivity contribution in [1.29, 1.82) is 0 Å². The van der Waals surface area contributed by atoms with Crippen LogP contribution in [0, 0.1) is 13.8 Å². The molecule has 3 N–H and O–H groups in total. The van der Waals surface area contributed by atoms with Crippen LogP contribution in [0.3, 0.4) is 0 Å². The number of hydrogen-bond donors (Lipinski definition) is 3. The first-order chi connectivity index (χ1) is 13.4. The number of aryl methyl sites for hydroxylation is 2. The normalized spacial score (nSPS) is 10.2. The Bertz CT molecular complexity index is 1030. The van der Waals surface area contributed by atoms with Crippen molar-refractivity contribution >= 4 is 34.8 Å². The van der Waals surface area contributed by atoms with Crippen LogP contribution >= 0.6 is 0 Å². The maximum Gasteiger partial charge on any atom is 0.274 e. The van der Waals surface area contributed by atoms with Crippen molar-refractivity contribution in [1.82, 2.24) is 9.97 Å². The van der Waals surface area contributed by atoms with Crippen molar-refractivity contribution in [3.05, 3.63) is 71.5 Å². The molecule has 0 aliphatic rings. The molecule has 3 aromatic rings. The average Bonchev–Trinajstić information content (AvgIpc) is 2.61. The number of benzene rings is 2. The molecule has 7 heteroatoms. The average molecular weight is 375 g/mol. The Morgan fingerprint density at radius 3 is 2.21 bits per heavy atom. The van der Waals surface area contributed by atoms with Gasteiger partial charge in [-0.25, -0.2) is 9.97 Å². The Morgan fingerprint density at radius 1 is 0.821 bits per heavy atom. The second kappa shape index (κ2) is 8.30. The molecule has 0 spiro atoms. The zero-order valence-corrected chi connectivity index (χ0v) is 15.9. The van der Waals surface area contributed by atoms with E-state index >= 15 is 0 Å². The topological polar surface area (TPSA) is 96.0 Å². The van der Waals surface area contributed by atoms with Crippen LogP contribution in [0.5, 0.6) is 0 Å². The van der Waals surface area contributed by atoms with Gasteiger partial charge in [0.25, 0.3) is 5.91 Å². The summed E-state index contributed by atoms with van der Waals surface area (Å²) in [4.78, 5) is 32.4. The standard InChI is InChI=1S/C21H21N5O2/c1-13-6-4-7-16(10-13)24-20(28)19-11-14(2)22-21(26-19)25-18-9-5-8-17(12-18)23-15(3)27/h4-12H,1-3H3,(H,23,27)(H,24,28)(H,22,25,26). The first kappa shape index (κ1) is 19.0. The number of carbonyl (C=O) groups is 2. The molecular weight excluding hydrogens is 354 g/mol. The third-order valence-corrected chi connectivity index (χ3v) is 3.80. The lowest BCUT2D eigenvalue weighted by Gasteiger charge is -2.10. The fourth-order valence-electron chi connectivity index (χ4n) is 2.67. The highest BCUT2D eigenvalue weighted by molar-refractivity contribution is 6.03. The highest BCUT2D eigenvalue weighted by Crippen LogP contribution is 2.19. The molecule has 0 fully saturated rings. The van der Waals surface area contributed by atoms with E-state index in [0.29, 0.717) is 28.7 Å². The van der Waals surface area contributed by atoms with Gasteiger partial charge in [0.2, 0.25) is 11.9 Å². The number of hydrogen-bond acceptors (Lipinski definition) is 5. The number of amides is 2. The van der Waals surface area contributed by atoms with Crippen LogP contribution in [0.25, 0.3) is 0 Å². The molecule has 142 valence electrons. The molecule has 0 unspecified atom stereocenters. The van der Waals surface area contributed by atoms with Crippen molar-refractivity contribution in [3.8, 4) is 0 Å². The minimum atomic E-state index is -0.314. The molecule has 0 atom stereocenters. The van der Waals surface area contributed by atoms with E-state index < -0.39 is 0 Å². The molecule has 3 rings (SSSR count). The smallest absolute Gasteiger partial charge is 0.274 e. The Balaban J connectivity index is 1.79. The third-order valence-electron chi connectivity index (χ3n) is 3.80. The highest BCUT2D eigenvalue weighted by atomic mass is 16.2. The predicted octanol–water partition coefficient (Wildman–Crippen LogP) is 4.05. The molecule has 0 bridgehead atoms. The Kier molecular flexibility index (Phi) is 5.64. The second-order valence-corrected chi connectivity index (χ2v) is 6.43. The summed E-state index contributed by atoms with van der Waals surface area (Å²) in [5.74, 6) is -0.167. The van der Waals surface area contributed by atoms with E-state index in [-0.39, 0.29) is 17.5 Å². The SMILES string of the molecule is CC(=O)Nc1cccc(Nc2nc(C)cc(C(=O)Nc3cccc(C)c3)n2)c1. The van der Waals surface area contributed by atoms with Crippen LogP contribution < -0.4 is 16.0 Å². The number of carbonyl (C=O) groups excluding carboxylic acids is 2. The van der Waals surface area contributed by atoms with Gasteiger partial charge < -0.3 is 16.0 Å². The monoisotopic (exact) mass is 375 g/mol. The minimum absolute atomic E-state index is 0.154. The first-order valence-electron chi connectivity index (χ1n) is 8.77. The van der Waals surface area contributed by atoms with E-state index in [1.807, 2.05) is 37.3 Å². The van der Waals surface area contributed by atoms with Gasteiger partial charge in [0.1, 0.15) is 5.69 Å². The molecule has 1 heterocycles. The number of aromatic nitrogens is 2. The van der Waals surface area contributed by atoms with E-state index in [2.05, 4.69) is 25.9 Å². The molecule has 7 nitrogen and oxygen atoms in total. The molecule has 0 radical (unpaired) electrons. The predicted molar refractivity (Wildman–Crippen MR) is 110 cm³/mol. The van der Waals surface area contributed by atoms with Gasteiger partial charge >= 0.3 is 0 Å². The molecule has 2 aromatic carbocycles. The molecular formula is C21H21N5O2. The molecule has 0 saturated carbocycles. The van der Waals surface area contributed by atoms with E-state index in [1.165, 1.54) is 6.92 Å². The van der Waals surface area contributed by atoms with E-state index in [1.54, 1.807) is 31.2 Å². The first-order valence-corrected chi connectivity index (χ1v) is 8.77. The summed E-state index contributed by atoms with van der Waals surface area (Å²) in [6.45, 7) is 5.20. The van der Waals surface area contributed by atoms with Gasteiger partial charge in [-0.3, -0.25) is 9.59 Å². The largest absolute Gasteiger partial charge is 0.326 e. The van der Waals surface area contributed by atoms with Crippen LogP contribution in [0.4, 0.5) is 23.0 Å². The van der Waals surface area contributed by atoms with Crippen molar-refractivity contribution in [2.24, 2.45) is 0 Å². The van der Waals surface area contributed by atoms with Gasteiger partial charge in [-0.2, -0.15) is 0 Å². The lowest BCUT2D eigenvalue weighted by Crippen LogP contribution is -2.15. The lowest BCUT2D eigenvalue weighted by molar-refractivity contribution is -0.114. The van der Waals surface area contributed by atoms with Gasteiger partial charge in [-0.05, 0) is 55.8 Å². The lowest BCUT2D eigenvalue weighted by atomic mass is 10.2. The van der Waals surface area contributed by atoms with Gasteiger partial charge in [-0.1, -0.05) is 18.2 Å². The summed E-state index contributed by atoms with van der Waals surface area (Å²) in [7, 11) is 0. The van der Waals surface area contributed by atoms with Gasteiger partial charge in [0.15, 0.2) is 0 Å². The number of nitrogens with zero attached hydrogens (tertiary/aromatic N) is 2. The molecule has 0 aliphatic heterocycles.